The number of rotatable bonds is 0. The van der Waals surface area contributed by atoms with Crippen LogP contribution in [0.5, 0.6) is 0 Å². The maximum atomic E-state index is 8.74. The van der Waals surface area contributed by atoms with Gasteiger partial charge >= 0.3 is 10.4 Å². The van der Waals surface area contributed by atoms with Crippen LogP contribution in [-0.4, -0.2) is 28.7 Å². The minimum Gasteiger partial charge on any atom is -0.408 e. The summed E-state index contributed by atoms with van der Waals surface area (Å²) in [7, 11) is -4.67. The lowest BCUT2D eigenvalue weighted by Crippen LogP contribution is -2.21. The van der Waals surface area contributed by atoms with Gasteiger partial charge in [-0.25, -0.2) is 0 Å². The van der Waals surface area contributed by atoms with Crippen molar-refractivity contribution in [3.63, 3.8) is 0 Å². The standard InChI is InChI=1S/CH5N3O.H2O4S/c2-1(3)4-5;1-5(2,3)4/h5H,(H4,2,3,4);(H2,1,2,3,4). The van der Waals surface area contributed by atoms with E-state index in [2.05, 4.69) is 16.6 Å². The molecule has 62 valence electrons. The van der Waals surface area contributed by atoms with Gasteiger partial charge in [0.1, 0.15) is 0 Å². The van der Waals surface area contributed by atoms with E-state index in [0.29, 0.717) is 0 Å². The van der Waals surface area contributed by atoms with Gasteiger partial charge in [-0.05, 0) is 0 Å². The van der Waals surface area contributed by atoms with Crippen molar-refractivity contribution in [3.8, 4) is 0 Å². The number of nitrogens with zero attached hydrogens (tertiary/aromatic N) is 1. The Morgan fingerprint density at radius 3 is 1.40 bits per heavy atom. The number of hydrogen-bond acceptors (Lipinski definition) is 4. The number of hydrogen-bond donors (Lipinski definition) is 5. The fourth-order valence-electron chi connectivity index (χ4n) is 0. The molecule has 0 aromatic carbocycles. The van der Waals surface area contributed by atoms with Crippen LogP contribution in [0.25, 0.3) is 0 Å². The van der Waals surface area contributed by atoms with Gasteiger partial charge in [0.2, 0.25) is 5.96 Å². The first-order valence-electron chi connectivity index (χ1n) is 1.70. The van der Waals surface area contributed by atoms with Gasteiger partial charge in [-0.15, -0.1) is 0 Å². The van der Waals surface area contributed by atoms with Crippen molar-refractivity contribution < 1.29 is 22.7 Å². The summed E-state index contributed by atoms with van der Waals surface area (Å²) in [5.74, 6) is -0.315. The minimum absolute atomic E-state index is 0.315. The minimum atomic E-state index is -4.67. The zero-order valence-corrected chi connectivity index (χ0v) is 5.48. The molecule has 9 heteroatoms. The van der Waals surface area contributed by atoms with Crippen molar-refractivity contribution >= 4 is 16.4 Å². The summed E-state index contributed by atoms with van der Waals surface area (Å²) < 4.78 is 31.6. The van der Waals surface area contributed by atoms with Gasteiger partial charge in [0, 0.05) is 0 Å². The highest BCUT2D eigenvalue weighted by atomic mass is 32.3. The van der Waals surface area contributed by atoms with Crippen LogP contribution in [0.15, 0.2) is 5.16 Å². The van der Waals surface area contributed by atoms with E-state index in [1.165, 1.54) is 0 Å². The lowest BCUT2D eigenvalue weighted by molar-refractivity contribution is 0.317. The summed E-state index contributed by atoms with van der Waals surface area (Å²) >= 11 is 0. The van der Waals surface area contributed by atoms with E-state index < -0.39 is 10.4 Å². The Bertz CT molecular complexity index is 181. The average Bonchev–Trinajstić information content (AvgIpc) is 1.61. The maximum absolute atomic E-state index is 8.74. The molecule has 0 aliphatic heterocycles. The molecule has 0 rings (SSSR count). The highest BCUT2D eigenvalue weighted by molar-refractivity contribution is 7.79. The lowest BCUT2D eigenvalue weighted by Gasteiger charge is -1.75. The molecule has 10 heavy (non-hydrogen) atoms. The molecule has 0 heterocycles. The van der Waals surface area contributed by atoms with E-state index in [4.69, 9.17) is 22.7 Å². The van der Waals surface area contributed by atoms with Crippen molar-refractivity contribution in [2.24, 2.45) is 16.6 Å². The second kappa shape index (κ2) is 4.78. The molecule has 7 N–H and O–H groups in total. The van der Waals surface area contributed by atoms with Gasteiger partial charge in [0.05, 0.1) is 0 Å². The van der Waals surface area contributed by atoms with E-state index in [-0.39, 0.29) is 5.96 Å². The zero-order valence-electron chi connectivity index (χ0n) is 4.67. The molecular weight excluding hydrogens is 166 g/mol. The Labute approximate surface area is 56.7 Å². The van der Waals surface area contributed by atoms with Crippen LogP contribution in [0.2, 0.25) is 0 Å². The number of oxime groups is 1. The third-order valence-electron chi connectivity index (χ3n) is 0.115. The topological polar surface area (TPSA) is 159 Å². The van der Waals surface area contributed by atoms with Crippen LogP contribution in [0.3, 0.4) is 0 Å². The van der Waals surface area contributed by atoms with Gasteiger partial charge in [0.25, 0.3) is 0 Å². The van der Waals surface area contributed by atoms with Crippen LogP contribution in [0.4, 0.5) is 0 Å². The molecule has 0 atom stereocenters. The fraction of sp³-hybridized carbons (Fsp3) is 0. The monoisotopic (exact) mass is 173 g/mol. The van der Waals surface area contributed by atoms with Gasteiger partial charge in [0.15, 0.2) is 0 Å². The van der Waals surface area contributed by atoms with E-state index in [9.17, 15) is 0 Å². The third kappa shape index (κ3) is 277. The second-order valence-electron chi connectivity index (χ2n) is 0.973. The Morgan fingerprint density at radius 2 is 1.40 bits per heavy atom. The molecule has 0 aliphatic carbocycles. The smallest absolute Gasteiger partial charge is 0.394 e. The Balaban J connectivity index is 0. The predicted octanol–water partition coefficient (Wildman–Crippen LogP) is -2.00. The highest BCUT2D eigenvalue weighted by Crippen LogP contribution is 1.59. The predicted molar refractivity (Wildman–Crippen MR) is 31.8 cm³/mol. The van der Waals surface area contributed by atoms with Gasteiger partial charge < -0.3 is 16.7 Å². The van der Waals surface area contributed by atoms with E-state index in [1.807, 2.05) is 0 Å². The van der Waals surface area contributed by atoms with Crippen molar-refractivity contribution in [1.29, 1.82) is 0 Å². The quantitative estimate of drug-likeness (QED) is 0.0930. The molecule has 0 aromatic rings. The van der Waals surface area contributed by atoms with E-state index in [1.54, 1.807) is 0 Å². The first-order valence-corrected chi connectivity index (χ1v) is 3.10. The Morgan fingerprint density at radius 1 is 1.30 bits per heavy atom. The Hall–Kier alpha value is -1.06. The summed E-state index contributed by atoms with van der Waals surface area (Å²) in [6, 6.07) is 0. The number of nitrogens with two attached hydrogens (primary N) is 2. The summed E-state index contributed by atoms with van der Waals surface area (Å²) in [6.45, 7) is 0. The normalized spacial score (nSPS) is 9.00. The summed E-state index contributed by atoms with van der Waals surface area (Å²) in [5, 5.41) is 9.84. The second-order valence-corrected chi connectivity index (χ2v) is 1.87. The fourth-order valence-corrected chi connectivity index (χ4v) is 0. The van der Waals surface area contributed by atoms with Gasteiger partial charge in [-0.2, -0.15) is 8.42 Å². The van der Waals surface area contributed by atoms with Crippen LogP contribution in [-0.2, 0) is 10.4 Å². The Kier molecular flexibility index (Phi) is 5.60. The van der Waals surface area contributed by atoms with Crippen LogP contribution >= 0.6 is 0 Å². The molecule has 0 radical (unpaired) electrons. The summed E-state index contributed by atoms with van der Waals surface area (Å²) in [5.41, 5.74) is 9.14. The third-order valence-corrected chi connectivity index (χ3v) is 0.115. The van der Waals surface area contributed by atoms with Gasteiger partial charge in [-0.1, -0.05) is 5.16 Å². The van der Waals surface area contributed by atoms with Crippen LogP contribution < -0.4 is 11.5 Å². The SMILES string of the molecule is NC(N)=NO.O=S(=O)(O)O. The molecule has 0 spiro atoms. The molecule has 0 saturated carbocycles. The van der Waals surface area contributed by atoms with Crippen molar-refractivity contribution in [3.05, 3.63) is 0 Å². The molecular formula is CH7N3O5S. The number of guanidine groups is 1. The zero-order chi connectivity index (χ0) is 8.78. The summed E-state index contributed by atoms with van der Waals surface area (Å²) in [6.07, 6.45) is 0. The molecule has 0 bridgehead atoms. The van der Waals surface area contributed by atoms with Crippen LogP contribution in [0, 0.1) is 0 Å². The molecule has 0 fully saturated rings. The molecule has 0 aromatic heterocycles. The first-order chi connectivity index (χ1) is 4.27. The molecule has 0 aliphatic rings. The van der Waals surface area contributed by atoms with Crippen molar-refractivity contribution in [2.75, 3.05) is 0 Å². The maximum Gasteiger partial charge on any atom is 0.394 e. The highest BCUT2D eigenvalue weighted by Gasteiger charge is 1.84. The molecule has 8 nitrogen and oxygen atoms in total. The van der Waals surface area contributed by atoms with Gasteiger partial charge in [-0.3, -0.25) is 9.11 Å². The molecule has 0 unspecified atom stereocenters. The van der Waals surface area contributed by atoms with E-state index in [0.717, 1.165) is 0 Å². The van der Waals surface area contributed by atoms with Crippen molar-refractivity contribution in [1.82, 2.24) is 0 Å². The summed E-state index contributed by atoms with van der Waals surface area (Å²) in [4.78, 5) is 0. The average molecular weight is 173 g/mol. The van der Waals surface area contributed by atoms with Crippen LogP contribution in [0.1, 0.15) is 0 Å². The molecule has 0 saturated heterocycles. The molecule has 0 amide bonds. The van der Waals surface area contributed by atoms with E-state index >= 15 is 0 Å². The first kappa shape index (κ1) is 11.7. The largest absolute Gasteiger partial charge is 0.408 e. The van der Waals surface area contributed by atoms with Crippen molar-refractivity contribution in [2.45, 2.75) is 0 Å². The lowest BCUT2D eigenvalue weighted by atomic mass is 11.1.